The van der Waals surface area contributed by atoms with E-state index in [1.807, 2.05) is 44.2 Å². The molecule has 0 fully saturated rings. The van der Waals surface area contributed by atoms with Crippen LogP contribution in [0.1, 0.15) is 25.8 Å². The van der Waals surface area contributed by atoms with Gasteiger partial charge in [0.15, 0.2) is 0 Å². The Bertz CT molecular complexity index is 1120. The molecule has 0 atom stereocenters. The number of aryl methyl sites for hydroxylation is 2. The van der Waals surface area contributed by atoms with Crippen LogP contribution in [-0.4, -0.2) is 25.8 Å². The van der Waals surface area contributed by atoms with E-state index in [9.17, 15) is 8.42 Å². The second-order valence-electron chi connectivity index (χ2n) is 6.84. The largest absolute Gasteiger partial charge is 0.497 e. The molecule has 7 heteroatoms. The van der Waals surface area contributed by atoms with Gasteiger partial charge in [0.05, 0.1) is 35.4 Å². The summed E-state index contributed by atoms with van der Waals surface area (Å²) >= 11 is 0. The minimum atomic E-state index is -3.33. The van der Waals surface area contributed by atoms with Crippen LogP contribution in [-0.2, 0) is 16.6 Å². The van der Waals surface area contributed by atoms with Crippen molar-refractivity contribution in [2.75, 3.05) is 23.3 Å². The molecule has 0 aliphatic heterocycles. The molecule has 2 aromatic carbocycles. The van der Waals surface area contributed by atoms with Gasteiger partial charge < -0.3 is 15.0 Å². The summed E-state index contributed by atoms with van der Waals surface area (Å²) in [6.45, 7) is 6.56. The lowest BCUT2D eigenvalue weighted by Crippen LogP contribution is -2.16. The molecular weight excluding hydrogens is 374 g/mol. The van der Waals surface area contributed by atoms with Crippen LogP contribution in [0.3, 0.4) is 0 Å². The lowest BCUT2D eigenvalue weighted by molar-refractivity contribution is 0.415. The Labute approximate surface area is 166 Å². The molecule has 0 saturated heterocycles. The molecule has 3 rings (SSSR count). The zero-order chi connectivity index (χ0) is 20.5. The minimum absolute atomic E-state index is 0.104. The number of anilines is 2. The molecule has 28 heavy (non-hydrogen) atoms. The molecule has 150 valence electrons. The monoisotopic (exact) mass is 401 g/mol. The summed E-state index contributed by atoms with van der Waals surface area (Å²) in [6.07, 6.45) is 0.572. The third-order valence-electron chi connectivity index (χ3n) is 4.87. The number of fused-ring (bicyclic) bond motifs is 1. The van der Waals surface area contributed by atoms with Gasteiger partial charge in [0.25, 0.3) is 0 Å². The van der Waals surface area contributed by atoms with Crippen LogP contribution in [0, 0.1) is 6.92 Å². The number of aromatic nitrogens is 1. The lowest BCUT2D eigenvalue weighted by Gasteiger charge is -2.14. The van der Waals surface area contributed by atoms with Crippen LogP contribution >= 0.6 is 0 Å². The molecular formula is C21H27N3O3S. The minimum Gasteiger partial charge on any atom is -0.497 e. The van der Waals surface area contributed by atoms with Crippen LogP contribution < -0.4 is 15.2 Å². The maximum absolute atomic E-state index is 12.1. The van der Waals surface area contributed by atoms with Gasteiger partial charge in [0, 0.05) is 23.6 Å². The van der Waals surface area contributed by atoms with Crippen molar-refractivity contribution in [1.29, 1.82) is 0 Å². The number of nitrogens with zero attached hydrogens (tertiary/aromatic N) is 1. The summed E-state index contributed by atoms with van der Waals surface area (Å²) in [5.74, 6) is 0.885. The van der Waals surface area contributed by atoms with Gasteiger partial charge in [-0.15, -0.1) is 0 Å². The summed E-state index contributed by atoms with van der Waals surface area (Å²) in [6, 6.07) is 11.5. The van der Waals surface area contributed by atoms with E-state index in [1.54, 1.807) is 13.2 Å². The van der Waals surface area contributed by atoms with Crippen molar-refractivity contribution in [1.82, 2.24) is 4.57 Å². The van der Waals surface area contributed by atoms with Crippen molar-refractivity contribution < 1.29 is 13.2 Å². The fourth-order valence-corrected chi connectivity index (χ4v) is 4.74. The molecule has 0 amide bonds. The van der Waals surface area contributed by atoms with E-state index in [-0.39, 0.29) is 5.75 Å². The highest BCUT2D eigenvalue weighted by molar-refractivity contribution is 7.92. The number of nitrogen functional groups attached to an aromatic ring is 1. The van der Waals surface area contributed by atoms with Crippen molar-refractivity contribution in [2.45, 2.75) is 33.7 Å². The van der Waals surface area contributed by atoms with Crippen molar-refractivity contribution in [3.05, 3.63) is 42.0 Å². The molecule has 0 aliphatic carbocycles. The van der Waals surface area contributed by atoms with Crippen LogP contribution in [0.2, 0.25) is 0 Å². The van der Waals surface area contributed by atoms with Gasteiger partial charge in [0.2, 0.25) is 10.0 Å². The summed E-state index contributed by atoms with van der Waals surface area (Å²) in [7, 11) is -1.68. The van der Waals surface area contributed by atoms with Gasteiger partial charge in [-0.25, -0.2) is 8.42 Å². The predicted molar refractivity (Wildman–Crippen MR) is 116 cm³/mol. The number of hydrogen-bond donors (Lipinski definition) is 2. The maximum atomic E-state index is 12.1. The molecule has 1 aromatic heterocycles. The van der Waals surface area contributed by atoms with E-state index < -0.39 is 10.0 Å². The van der Waals surface area contributed by atoms with Crippen LogP contribution in [0.4, 0.5) is 11.4 Å². The Morgan fingerprint density at radius 2 is 1.89 bits per heavy atom. The SMILES string of the molecule is CCCS(=O)(=O)Nc1ccc(-c2c(N)c3ccc(OC)cc3n2CC)cc1C. The van der Waals surface area contributed by atoms with E-state index in [4.69, 9.17) is 10.5 Å². The molecule has 0 radical (unpaired) electrons. The smallest absolute Gasteiger partial charge is 0.232 e. The number of nitrogens with one attached hydrogen (secondary N) is 1. The van der Waals surface area contributed by atoms with Crippen LogP contribution in [0.15, 0.2) is 36.4 Å². The fraction of sp³-hybridized carbons (Fsp3) is 0.333. The quantitative estimate of drug-likeness (QED) is 0.615. The number of sulfonamides is 1. The number of nitrogens with two attached hydrogens (primary N) is 1. The number of benzene rings is 2. The molecule has 0 saturated carbocycles. The van der Waals surface area contributed by atoms with Crippen molar-refractivity contribution >= 4 is 32.3 Å². The van der Waals surface area contributed by atoms with E-state index in [2.05, 4.69) is 16.2 Å². The highest BCUT2D eigenvalue weighted by Crippen LogP contribution is 2.38. The fourth-order valence-electron chi connectivity index (χ4n) is 3.54. The molecule has 3 aromatic rings. The highest BCUT2D eigenvalue weighted by Gasteiger charge is 2.18. The van der Waals surface area contributed by atoms with Gasteiger partial charge in [-0.1, -0.05) is 13.0 Å². The standard InChI is InChI=1S/C21H27N3O3S/c1-5-11-28(25,26)23-18-10-7-15(12-14(18)3)21-20(22)17-9-8-16(27-4)13-19(17)24(21)6-2/h7-10,12-13,23H,5-6,11,22H2,1-4H3. The Hall–Kier alpha value is -2.67. The Morgan fingerprint density at radius 3 is 2.50 bits per heavy atom. The average molecular weight is 402 g/mol. The Balaban J connectivity index is 2.10. The third kappa shape index (κ3) is 3.67. The predicted octanol–water partition coefficient (Wildman–Crippen LogP) is 4.38. The molecule has 0 aliphatic rings. The highest BCUT2D eigenvalue weighted by atomic mass is 32.2. The normalized spacial score (nSPS) is 11.7. The first-order chi connectivity index (χ1) is 13.3. The molecule has 0 bridgehead atoms. The number of methoxy groups -OCH3 is 1. The maximum Gasteiger partial charge on any atom is 0.232 e. The zero-order valence-electron chi connectivity index (χ0n) is 16.7. The summed E-state index contributed by atoms with van der Waals surface area (Å²) in [4.78, 5) is 0. The van der Waals surface area contributed by atoms with Gasteiger partial charge >= 0.3 is 0 Å². The topological polar surface area (TPSA) is 86.3 Å². The summed E-state index contributed by atoms with van der Waals surface area (Å²) in [5.41, 5.74) is 11.5. The first-order valence-electron chi connectivity index (χ1n) is 9.38. The number of hydrogen-bond acceptors (Lipinski definition) is 4. The number of ether oxygens (including phenoxy) is 1. The van der Waals surface area contributed by atoms with E-state index in [1.165, 1.54) is 0 Å². The number of rotatable bonds is 7. The van der Waals surface area contributed by atoms with Gasteiger partial charge in [0.1, 0.15) is 5.75 Å². The molecule has 3 N–H and O–H groups in total. The second kappa shape index (κ2) is 7.75. The molecule has 0 unspecified atom stereocenters. The van der Waals surface area contributed by atoms with E-state index in [0.29, 0.717) is 17.8 Å². The average Bonchev–Trinajstić information content (AvgIpc) is 2.94. The van der Waals surface area contributed by atoms with Gasteiger partial charge in [-0.2, -0.15) is 0 Å². The van der Waals surface area contributed by atoms with E-state index in [0.717, 1.165) is 40.0 Å². The van der Waals surface area contributed by atoms with Gasteiger partial charge in [-0.3, -0.25) is 4.72 Å². The van der Waals surface area contributed by atoms with E-state index >= 15 is 0 Å². The van der Waals surface area contributed by atoms with Crippen molar-refractivity contribution in [3.63, 3.8) is 0 Å². The molecule has 6 nitrogen and oxygen atoms in total. The third-order valence-corrected chi connectivity index (χ3v) is 6.34. The Kier molecular flexibility index (Phi) is 5.56. The summed E-state index contributed by atoms with van der Waals surface area (Å²) < 4.78 is 34.4. The lowest BCUT2D eigenvalue weighted by atomic mass is 10.1. The molecule has 0 spiro atoms. The zero-order valence-corrected chi connectivity index (χ0v) is 17.6. The molecule has 1 heterocycles. The second-order valence-corrected chi connectivity index (χ2v) is 8.68. The van der Waals surface area contributed by atoms with Gasteiger partial charge in [-0.05, 0) is 50.1 Å². The van der Waals surface area contributed by atoms with Crippen LogP contribution in [0.5, 0.6) is 5.75 Å². The first-order valence-corrected chi connectivity index (χ1v) is 11.0. The van der Waals surface area contributed by atoms with Crippen molar-refractivity contribution in [2.24, 2.45) is 0 Å². The Morgan fingerprint density at radius 1 is 1.14 bits per heavy atom. The van der Waals surface area contributed by atoms with Crippen molar-refractivity contribution in [3.8, 4) is 17.0 Å². The first kappa shape index (κ1) is 20.1. The summed E-state index contributed by atoms with van der Waals surface area (Å²) in [5, 5.41) is 0.975. The van der Waals surface area contributed by atoms with Crippen LogP contribution in [0.25, 0.3) is 22.2 Å².